The van der Waals surface area contributed by atoms with Crippen LogP contribution in [0.5, 0.6) is 0 Å². The first-order valence-electron chi connectivity index (χ1n) is 6.51. The van der Waals surface area contributed by atoms with E-state index in [-0.39, 0.29) is 0 Å². The number of aliphatic carboxylic acids is 1. The highest BCUT2D eigenvalue weighted by atomic mass is 16.5. The number of amides is 1. The Morgan fingerprint density at radius 2 is 1.77 bits per heavy atom. The van der Waals surface area contributed by atoms with E-state index in [1.54, 1.807) is 20.8 Å². The molecule has 9 nitrogen and oxygen atoms in total. The molecule has 0 aromatic carbocycles. The van der Waals surface area contributed by atoms with Gasteiger partial charge in [0.05, 0.1) is 25.0 Å². The summed E-state index contributed by atoms with van der Waals surface area (Å²) in [5.74, 6) is -3.51. The average Bonchev–Trinajstić information content (AvgIpc) is 2.39. The second kappa shape index (κ2) is 8.32. The number of nitrogens with two attached hydrogens (primary N) is 1. The summed E-state index contributed by atoms with van der Waals surface area (Å²) in [5, 5.41) is 10.8. The number of rotatable bonds is 7. The van der Waals surface area contributed by atoms with Crippen molar-refractivity contribution in [1.29, 1.82) is 0 Å². The second-order valence-electron chi connectivity index (χ2n) is 5.64. The SMILES string of the molecule is COC(=O)[C@H](COC(=O)C(C)(C)C)NC(=O)[C@@H](N)CC(=O)O. The molecule has 0 radical (unpaired) electrons. The fraction of sp³-hybridized carbons (Fsp3) is 0.692. The maximum absolute atomic E-state index is 11.7. The van der Waals surface area contributed by atoms with Crippen LogP contribution >= 0.6 is 0 Å². The lowest BCUT2D eigenvalue weighted by Crippen LogP contribution is -2.51. The van der Waals surface area contributed by atoms with Crippen LogP contribution < -0.4 is 11.1 Å². The number of carbonyl (C=O) groups excluding carboxylic acids is 3. The first-order chi connectivity index (χ1) is 9.98. The predicted molar refractivity (Wildman–Crippen MR) is 74.6 cm³/mol. The van der Waals surface area contributed by atoms with Gasteiger partial charge in [-0.3, -0.25) is 14.4 Å². The largest absolute Gasteiger partial charge is 0.481 e. The fourth-order valence-electron chi connectivity index (χ4n) is 1.25. The van der Waals surface area contributed by atoms with Crippen molar-refractivity contribution in [2.75, 3.05) is 13.7 Å². The Morgan fingerprint density at radius 1 is 1.23 bits per heavy atom. The molecule has 0 saturated carbocycles. The Kier molecular flexibility index (Phi) is 7.51. The molecular weight excluding hydrogens is 296 g/mol. The summed E-state index contributed by atoms with van der Waals surface area (Å²) >= 11 is 0. The van der Waals surface area contributed by atoms with Gasteiger partial charge in [-0.25, -0.2) is 4.79 Å². The number of carboxylic acid groups (broad SMARTS) is 1. The summed E-state index contributed by atoms with van der Waals surface area (Å²) in [4.78, 5) is 45.4. The van der Waals surface area contributed by atoms with Crippen LogP contribution in [0.4, 0.5) is 0 Å². The van der Waals surface area contributed by atoms with Crippen molar-refractivity contribution >= 4 is 23.8 Å². The molecule has 126 valence electrons. The van der Waals surface area contributed by atoms with E-state index >= 15 is 0 Å². The van der Waals surface area contributed by atoms with E-state index in [1.165, 1.54) is 0 Å². The standard InChI is InChI=1S/C13H22N2O7/c1-13(2,3)12(20)22-6-8(11(19)21-4)15-10(18)7(14)5-9(16)17/h7-8H,5-6,14H2,1-4H3,(H,15,18)(H,16,17)/t7-,8-/m0/s1. The monoisotopic (exact) mass is 318 g/mol. The zero-order chi connectivity index (χ0) is 17.5. The minimum atomic E-state index is -1.33. The molecule has 0 saturated heterocycles. The van der Waals surface area contributed by atoms with E-state index in [2.05, 4.69) is 10.1 Å². The van der Waals surface area contributed by atoms with E-state index in [0.29, 0.717) is 0 Å². The average molecular weight is 318 g/mol. The van der Waals surface area contributed by atoms with Gasteiger partial charge in [0.2, 0.25) is 5.91 Å². The van der Waals surface area contributed by atoms with Gasteiger partial charge in [-0.15, -0.1) is 0 Å². The van der Waals surface area contributed by atoms with Crippen LogP contribution in [0.1, 0.15) is 27.2 Å². The van der Waals surface area contributed by atoms with Gasteiger partial charge in [-0.05, 0) is 20.8 Å². The Bertz CT molecular complexity index is 442. The summed E-state index contributed by atoms with van der Waals surface area (Å²) in [6.07, 6.45) is -0.596. The molecule has 1 amide bonds. The molecule has 0 aromatic heterocycles. The second-order valence-corrected chi connectivity index (χ2v) is 5.64. The topological polar surface area (TPSA) is 145 Å². The minimum absolute atomic E-state index is 0.436. The van der Waals surface area contributed by atoms with Gasteiger partial charge in [0, 0.05) is 0 Å². The lowest BCUT2D eigenvalue weighted by Gasteiger charge is -2.21. The van der Waals surface area contributed by atoms with Crippen molar-refractivity contribution in [2.45, 2.75) is 39.3 Å². The maximum atomic E-state index is 11.7. The molecule has 0 heterocycles. The molecule has 4 N–H and O–H groups in total. The molecule has 0 aliphatic heterocycles. The van der Waals surface area contributed by atoms with Crippen LogP contribution in [0.15, 0.2) is 0 Å². The van der Waals surface area contributed by atoms with Crippen LogP contribution in [-0.4, -0.2) is 54.7 Å². The van der Waals surface area contributed by atoms with Gasteiger partial charge in [0.15, 0.2) is 6.04 Å². The number of methoxy groups -OCH3 is 1. The third-order valence-corrected chi connectivity index (χ3v) is 2.53. The third kappa shape index (κ3) is 7.02. The van der Waals surface area contributed by atoms with Crippen LogP contribution in [0, 0.1) is 5.41 Å². The van der Waals surface area contributed by atoms with Crippen molar-refractivity contribution in [2.24, 2.45) is 11.1 Å². The normalized spacial score (nSPS) is 13.7. The Morgan fingerprint density at radius 3 is 2.18 bits per heavy atom. The van der Waals surface area contributed by atoms with Crippen molar-refractivity contribution in [3.63, 3.8) is 0 Å². The van der Waals surface area contributed by atoms with E-state index in [1.807, 2.05) is 0 Å². The Labute approximate surface area is 128 Å². The molecule has 9 heteroatoms. The number of hydrogen-bond acceptors (Lipinski definition) is 7. The minimum Gasteiger partial charge on any atom is -0.481 e. The first kappa shape index (κ1) is 19.8. The van der Waals surface area contributed by atoms with Crippen LogP contribution in [0.25, 0.3) is 0 Å². The molecule has 22 heavy (non-hydrogen) atoms. The molecule has 0 fully saturated rings. The summed E-state index contributed by atoms with van der Waals surface area (Å²) in [6.45, 7) is 4.45. The number of hydrogen-bond donors (Lipinski definition) is 3. The van der Waals surface area contributed by atoms with Crippen molar-refractivity contribution in [1.82, 2.24) is 5.32 Å². The Hall–Kier alpha value is -2.16. The number of nitrogens with one attached hydrogen (secondary N) is 1. The summed E-state index contributed by atoms with van der Waals surface area (Å²) in [7, 11) is 1.10. The maximum Gasteiger partial charge on any atom is 0.331 e. The molecule has 0 unspecified atom stereocenters. The van der Waals surface area contributed by atoms with Gasteiger partial charge in [-0.1, -0.05) is 0 Å². The van der Waals surface area contributed by atoms with Crippen molar-refractivity contribution < 1.29 is 33.8 Å². The smallest absolute Gasteiger partial charge is 0.331 e. The highest BCUT2D eigenvalue weighted by Gasteiger charge is 2.29. The quantitative estimate of drug-likeness (QED) is 0.509. The van der Waals surface area contributed by atoms with E-state index in [9.17, 15) is 19.2 Å². The lowest BCUT2D eigenvalue weighted by molar-refractivity contribution is -0.157. The molecule has 0 aliphatic carbocycles. The van der Waals surface area contributed by atoms with Gasteiger partial charge in [0.25, 0.3) is 0 Å². The molecule has 0 aromatic rings. The van der Waals surface area contributed by atoms with E-state index in [4.69, 9.17) is 15.6 Å². The van der Waals surface area contributed by atoms with Crippen LogP contribution in [0.3, 0.4) is 0 Å². The van der Waals surface area contributed by atoms with Crippen LogP contribution in [0.2, 0.25) is 0 Å². The van der Waals surface area contributed by atoms with Gasteiger partial charge < -0.3 is 25.6 Å². The third-order valence-electron chi connectivity index (χ3n) is 2.53. The molecule has 0 rings (SSSR count). The molecule has 0 bridgehead atoms. The molecule has 0 aliphatic rings. The highest BCUT2D eigenvalue weighted by Crippen LogP contribution is 2.15. The van der Waals surface area contributed by atoms with Crippen molar-refractivity contribution in [3.8, 4) is 0 Å². The highest BCUT2D eigenvalue weighted by molar-refractivity contribution is 5.90. The lowest BCUT2D eigenvalue weighted by atomic mass is 9.97. The van der Waals surface area contributed by atoms with E-state index < -0.39 is 54.3 Å². The number of carboxylic acids is 1. The predicted octanol–water partition coefficient (Wildman–Crippen LogP) is -0.964. The molecule has 0 spiro atoms. The summed E-state index contributed by atoms with van der Waals surface area (Å²) in [5.41, 5.74) is 4.61. The van der Waals surface area contributed by atoms with E-state index in [0.717, 1.165) is 7.11 Å². The van der Waals surface area contributed by atoms with Crippen LogP contribution in [-0.2, 0) is 28.7 Å². The number of ether oxygens (including phenoxy) is 2. The van der Waals surface area contributed by atoms with Gasteiger partial charge in [0.1, 0.15) is 6.61 Å². The zero-order valence-corrected chi connectivity index (χ0v) is 13.0. The Balaban J connectivity index is 4.73. The van der Waals surface area contributed by atoms with Crippen molar-refractivity contribution in [3.05, 3.63) is 0 Å². The molecular formula is C13H22N2O7. The summed E-state index contributed by atoms with van der Waals surface area (Å²) in [6, 6.07) is -2.59. The van der Waals surface area contributed by atoms with Gasteiger partial charge >= 0.3 is 17.9 Å². The number of esters is 2. The first-order valence-corrected chi connectivity index (χ1v) is 6.51. The zero-order valence-electron chi connectivity index (χ0n) is 13.0. The fourth-order valence-corrected chi connectivity index (χ4v) is 1.25. The van der Waals surface area contributed by atoms with Gasteiger partial charge in [-0.2, -0.15) is 0 Å². The molecule has 2 atom stereocenters. The summed E-state index contributed by atoms with van der Waals surface area (Å²) < 4.78 is 9.43. The number of carbonyl (C=O) groups is 4.